The molecular weight excluding hydrogens is 442 g/mol. The Morgan fingerprint density at radius 2 is 1.79 bits per heavy atom. The minimum Gasteiger partial charge on any atom is -0.468 e. The molecule has 0 aromatic heterocycles. The maximum absolute atomic E-state index is 12.1. The molecule has 28 heavy (non-hydrogen) atoms. The van der Waals surface area contributed by atoms with Gasteiger partial charge in [0, 0.05) is 17.3 Å². The molecule has 5 nitrogen and oxygen atoms in total. The molecule has 0 amide bonds. The van der Waals surface area contributed by atoms with Crippen molar-refractivity contribution in [3.63, 3.8) is 0 Å². The minimum atomic E-state index is -3.33. The number of nitrogens with one attached hydrogen (secondary N) is 1. The lowest BCUT2D eigenvalue weighted by Crippen LogP contribution is -2.38. The van der Waals surface area contributed by atoms with Gasteiger partial charge in [0.15, 0.2) is 9.84 Å². The maximum Gasteiger partial charge on any atom is 0.322 e. The molecule has 2 aromatic rings. The second-order valence-electron chi connectivity index (χ2n) is 7.18. The average molecular weight is 468 g/mol. The molecule has 2 aromatic carbocycles. The van der Waals surface area contributed by atoms with Gasteiger partial charge in [-0.1, -0.05) is 48.0 Å². The number of rotatable bonds is 8. The van der Waals surface area contributed by atoms with Crippen molar-refractivity contribution in [1.29, 1.82) is 0 Å². The van der Waals surface area contributed by atoms with Crippen molar-refractivity contribution < 1.29 is 17.9 Å². The fraction of sp³-hybridized carbons (Fsp3) is 0.381. The molecule has 0 saturated heterocycles. The van der Waals surface area contributed by atoms with Crippen LogP contribution >= 0.6 is 15.9 Å². The first-order valence-electron chi connectivity index (χ1n) is 9.02. The number of methoxy groups -OCH3 is 1. The van der Waals surface area contributed by atoms with Crippen LogP contribution in [-0.2, 0) is 25.9 Å². The van der Waals surface area contributed by atoms with Gasteiger partial charge in [0.1, 0.15) is 6.04 Å². The molecule has 0 spiro atoms. The summed E-state index contributed by atoms with van der Waals surface area (Å²) in [5, 5.41) is 3.26. The summed E-state index contributed by atoms with van der Waals surface area (Å²) in [7, 11) is -1.95. The average Bonchev–Trinajstić information content (AvgIpc) is 2.64. The smallest absolute Gasteiger partial charge is 0.322 e. The Morgan fingerprint density at radius 1 is 1.14 bits per heavy atom. The van der Waals surface area contributed by atoms with Crippen LogP contribution in [0.4, 0.5) is 0 Å². The molecule has 2 rings (SSSR count). The minimum absolute atomic E-state index is 0.265. The van der Waals surface area contributed by atoms with Crippen molar-refractivity contribution in [3.8, 4) is 11.1 Å². The molecule has 0 bridgehead atoms. The molecule has 0 heterocycles. The van der Waals surface area contributed by atoms with Gasteiger partial charge in [-0.25, -0.2) is 8.42 Å². The molecule has 0 fully saturated rings. The molecule has 0 aliphatic rings. The van der Waals surface area contributed by atoms with E-state index in [1.807, 2.05) is 38.1 Å². The third-order valence-electron chi connectivity index (χ3n) is 4.40. The number of esters is 1. The van der Waals surface area contributed by atoms with Gasteiger partial charge < -0.3 is 10.1 Å². The lowest BCUT2D eigenvalue weighted by atomic mass is 9.98. The van der Waals surface area contributed by atoms with Gasteiger partial charge in [-0.3, -0.25) is 4.79 Å². The van der Waals surface area contributed by atoms with Crippen molar-refractivity contribution in [1.82, 2.24) is 5.32 Å². The molecule has 0 aliphatic heterocycles. The van der Waals surface area contributed by atoms with Gasteiger partial charge in [-0.15, -0.1) is 0 Å². The van der Waals surface area contributed by atoms with Gasteiger partial charge >= 0.3 is 5.97 Å². The molecular formula is C21H26BrNO4S. The van der Waals surface area contributed by atoms with E-state index in [1.54, 1.807) is 18.2 Å². The Kier molecular flexibility index (Phi) is 7.80. The Balaban J connectivity index is 2.39. The number of benzene rings is 2. The van der Waals surface area contributed by atoms with Crippen molar-refractivity contribution in [2.45, 2.75) is 37.8 Å². The first kappa shape index (κ1) is 22.6. The predicted octanol–water partition coefficient (Wildman–Crippen LogP) is 4.20. The van der Waals surface area contributed by atoms with Gasteiger partial charge in [-0.05, 0) is 53.3 Å². The number of hydrogen-bond acceptors (Lipinski definition) is 5. The van der Waals surface area contributed by atoms with Crippen LogP contribution in [0.15, 0.2) is 51.8 Å². The zero-order chi connectivity index (χ0) is 20.9. The third-order valence-corrected chi connectivity index (χ3v) is 6.04. The first-order chi connectivity index (χ1) is 13.1. The molecule has 0 radical (unpaired) electrons. The summed E-state index contributed by atoms with van der Waals surface area (Å²) in [6.07, 6.45) is 1.85. The van der Waals surface area contributed by atoms with Crippen LogP contribution < -0.4 is 5.32 Å². The van der Waals surface area contributed by atoms with Gasteiger partial charge in [0.2, 0.25) is 0 Å². The molecule has 1 atom stereocenters. The number of sulfone groups is 1. The van der Waals surface area contributed by atoms with Crippen molar-refractivity contribution in [2.24, 2.45) is 5.92 Å². The SMILES string of the molecule is COC(=O)[C@H](CC(C)C)NCc1ccc(S(C)(=O)=O)cc1-c1ccc(Br)cc1. The van der Waals surface area contributed by atoms with Crippen molar-refractivity contribution in [2.75, 3.05) is 13.4 Å². The number of carbonyl (C=O) groups excluding carboxylic acids is 1. The second kappa shape index (κ2) is 9.67. The summed E-state index contributed by atoms with van der Waals surface area (Å²) in [4.78, 5) is 12.3. The Morgan fingerprint density at radius 3 is 2.32 bits per heavy atom. The zero-order valence-corrected chi connectivity index (χ0v) is 18.9. The van der Waals surface area contributed by atoms with E-state index < -0.39 is 15.9 Å². The normalized spacial score (nSPS) is 12.8. The van der Waals surface area contributed by atoms with E-state index in [4.69, 9.17) is 4.74 Å². The van der Waals surface area contributed by atoms with E-state index in [0.717, 1.165) is 21.2 Å². The van der Waals surface area contributed by atoms with E-state index in [0.29, 0.717) is 18.9 Å². The summed E-state index contributed by atoms with van der Waals surface area (Å²) in [6.45, 7) is 4.51. The highest BCUT2D eigenvalue weighted by Crippen LogP contribution is 2.28. The zero-order valence-electron chi connectivity index (χ0n) is 16.5. The van der Waals surface area contributed by atoms with Gasteiger partial charge in [0.05, 0.1) is 12.0 Å². The molecule has 0 unspecified atom stereocenters. The highest BCUT2D eigenvalue weighted by molar-refractivity contribution is 9.10. The van der Waals surface area contributed by atoms with E-state index in [9.17, 15) is 13.2 Å². The molecule has 0 saturated carbocycles. The van der Waals surface area contributed by atoms with Crippen LogP contribution in [-0.4, -0.2) is 33.8 Å². The Bertz CT molecular complexity index is 924. The molecule has 152 valence electrons. The third kappa shape index (κ3) is 6.15. The highest BCUT2D eigenvalue weighted by atomic mass is 79.9. The van der Waals surface area contributed by atoms with Crippen LogP contribution in [0.3, 0.4) is 0 Å². The lowest BCUT2D eigenvalue weighted by molar-refractivity contribution is -0.143. The lowest BCUT2D eigenvalue weighted by Gasteiger charge is -2.20. The summed E-state index contributed by atoms with van der Waals surface area (Å²) in [6, 6.07) is 12.4. The number of ether oxygens (including phenoxy) is 1. The number of carbonyl (C=O) groups is 1. The van der Waals surface area contributed by atoms with Crippen LogP contribution in [0.5, 0.6) is 0 Å². The number of halogens is 1. The van der Waals surface area contributed by atoms with E-state index >= 15 is 0 Å². The Hall–Kier alpha value is -1.70. The second-order valence-corrected chi connectivity index (χ2v) is 10.1. The number of hydrogen-bond donors (Lipinski definition) is 1. The quantitative estimate of drug-likeness (QED) is 0.588. The molecule has 7 heteroatoms. The highest BCUT2D eigenvalue weighted by Gasteiger charge is 2.21. The van der Waals surface area contributed by atoms with Gasteiger partial charge in [0.25, 0.3) is 0 Å². The summed E-state index contributed by atoms with van der Waals surface area (Å²) >= 11 is 3.42. The van der Waals surface area contributed by atoms with E-state index in [-0.39, 0.29) is 10.9 Å². The van der Waals surface area contributed by atoms with Gasteiger partial charge in [-0.2, -0.15) is 0 Å². The van der Waals surface area contributed by atoms with Crippen LogP contribution in [0.25, 0.3) is 11.1 Å². The van der Waals surface area contributed by atoms with Crippen molar-refractivity contribution in [3.05, 3.63) is 52.5 Å². The topological polar surface area (TPSA) is 72.5 Å². The summed E-state index contributed by atoms with van der Waals surface area (Å²) in [5.41, 5.74) is 2.63. The maximum atomic E-state index is 12.1. The summed E-state index contributed by atoms with van der Waals surface area (Å²) in [5.74, 6) is 0.0294. The standard InChI is InChI=1S/C21H26BrNO4S/c1-14(2)11-20(21(24)27-3)23-13-16-7-10-18(28(4,25)26)12-19(16)15-5-8-17(22)9-6-15/h5-10,12,14,20,23H,11,13H2,1-4H3/t20-/m0/s1. The largest absolute Gasteiger partial charge is 0.468 e. The predicted molar refractivity (Wildman–Crippen MR) is 115 cm³/mol. The van der Waals surface area contributed by atoms with Crippen LogP contribution in [0.1, 0.15) is 25.8 Å². The fourth-order valence-electron chi connectivity index (χ4n) is 2.95. The van der Waals surface area contributed by atoms with Crippen LogP contribution in [0, 0.1) is 5.92 Å². The molecule has 1 N–H and O–H groups in total. The first-order valence-corrected chi connectivity index (χ1v) is 11.7. The van der Waals surface area contributed by atoms with E-state index in [1.165, 1.54) is 13.4 Å². The molecule has 0 aliphatic carbocycles. The Labute approximate surface area is 175 Å². The monoisotopic (exact) mass is 467 g/mol. The van der Waals surface area contributed by atoms with Crippen molar-refractivity contribution >= 4 is 31.7 Å². The fourth-order valence-corrected chi connectivity index (χ4v) is 3.86. The van der Waals surface area contributed by atoms with Crippen LogP contribution in [0.2, 0.25) is 0 Å². The van der Waals surface area contributed by atoms with E-state index in [2.05, 4.69) is 21.2 Å². The summed E-state index contributed by atoms with van der Waals surface area (Å²) < 4.78 is 29.9.